The fourth-order valence-corrected chi connectivity index (χ4v) is 1.98. The van der Waals surface area contributed by atoms with E-state index < -0.39 is 0 Å². The van der Waals surface area contributed by atoms with Crippen LogP contribution >= 0.6 is 0 Å². The molecule has 6 heteroatoms. The van der Waals surface area contributed by atoms with Crippen LogP contribution in [0.3, 0.4) is 0 Å². The molecule has 0 bridgehead atoms. The monoisotopic (exact) mass is 274 g/mol. The number of guanidine groups is 1. The van der Waals surface area contributed by atoms with E-state index in [2.05, 4.69) is 62.3 Å². The van der Waals surface area contributed by atoms with Gasteiger partial charge in [-0.05, 0) is 25.1 Å². The van der Waals surface area contributed by atoms with Gasteiger partial charge in [-0.1, -0.05) is 0 Å². The molecular formula is C14H22N6. The Morgan fingerprint density at radius 3 is 2.95 bits per heavy atom. The summed E-state index contributed by atoms with van der Waals surface area (Å²) in [7, 11) is 4.10. The molecule has 2 rings (SSSR count). The number of aromatic nitrogens is 3. The van der Waals surface area contributed by atoms with Crippen molar-refractivity contribution in [2.24, 2.45) is 12.0 Å². The van der Waals surface area contributed by atoms with Crippen molar-refractivity contribution in [3.63, 3.8) is 0 Å². The summed E-state index contributed by atoms with van der Waals surface area (Å²) >= 11 is 0. The Kier molecular flexibility index (Phi) is 4.81. The minimum Gasteiger partial charge on any atom is -0.357 e. The van der Waals surface area contributed by atoms with Crippen LogP contribution < -0.4 is 5.32 Å². The molecule has 2 aromatic rings. The van der Waals surface area contributed by atoms with Crippen molar-refractivity contribution in [1.82, 2.24) is 25.0 Å². The molecule has 0 amide bonds. The van der Waals surface area contributed by atoms with Crippen LogP contribution in [0.15, 0.2) is 35.6 Å². The smallest absolute Gasteiger partial charge is 0.194 e. The molecular weight excluding hydrogens is 252 g/mol. The maximum absolute atomic E-state index is 4.62. The molecule has 2 N–H and O–H groups in total. The van der Waals surface area contributed by atoms with E-state index in [1.54, 1.807) is 6.20 Å². The third-order valence-electron chi connectivity index (χ3n) is 3.10. The van der Waals surface area contributed by atoms with Gasteiger partial charge in [0.05, 0.1) is 18.8 Å². The average molecular weight is 274 g/mol. The number of hydrogen-bond donors (Lipinski definition) is 2. The number of aromatic amines is 1. The van der Waals surface area contributed by atoms with Crippen LogP contribution in [0.2, 0.25) is 0 Å². The highest BCUT2D eigenvalue weighted by Crippen LogP contribution is 2.04. The number of aryl methyl sites for hydroxylation is 1. The summed E-state index contributed by atoms with van der Waals surface area (Å²) in [6.07, 6.45) is 3.79. The third-order valence-corrected chi connectivity index (χ3v) is 3.10. The van der Waals surface area contributed by atoms with Gasteiger partial charge in [0.1, 0.15) is 0 Å². The molecule has 0 aliphatic rings. The second-order valence-electron chi connectivity index (χ2n) is 4.72. The first-order chi connectivity index (χ1) is 9.70. The summed E-state index contributed by atoms with van der Waals surface area (Å²) in [5.41, 5.74) is 2.26. The zero-order valence-electron chi connectivity index (χ0n) is 12.3. The van der Waals surface area contributed by atoms with Crippen LogP contribution in [0, 0.1) is 0 Å². The Balaban J connectivity index is 2.03. The lowest BCUT2D eigenvalue weighted by Crippen LogP contribution is -2.38. The highest BCUT2D eigenvalue weighted by Gasteiger charge is 2.08. The van der Waals surface area contributed by atoms with Gasteiger partial charge in [0.25, 0.3) is 0 Å². The largest absolute Gasteiger partial charge is 0.357 e. The van der Waals surface area contributed by atoms with Gasteiger partial charge in [0.2, 0.25) is 0 Å². The molecule has 0 fully saturated rings. The SMILES string of the molecule is CCNC(=NCc1ccn[nH]1)N(C)Cc1cccn1C. The Hall–Kier alpha value is -2.24. The predicted octanol–water partition coefficient (Wildman–Crippen LogP) is 1.35. The number of hydrogen-bond acceptors (Lipinski definition) is 2. The molecule has 6 nitrogen and oxygen atoms in total. The van der Waals surface area contributed by atoms with Crippen molar-refractivity contribution in [1.29, 1.82) is 0 Å². The van der Waals surface area contributed by atoms with Crippen LogP contribution in [-0.4, -0.2) is 39.2 Å². The zero-order valence-corrected chi connectivity index (χ0v) is 12.3. The highest BCUT2D eigenvalue weighted by atomic mass is 15.3. The van der Waals surface area contributed by atoms with Crippen molar-refractivity contribution >= 4 is 5.96 Å². The van der Waals surface area contributed by atoms with E-state index in [-0.39, 0.29) is 0 Å². The quantitative estimate of drug-likeness (QED) is 0.639. The number of nitrogens with zero attached hydrogens (tertiary/aromatic N) is 4. The first-order valence-corrected chi connectivity index (χ1v) is 6.78. The Morgan fingerprint density at radius 1 is 1.50 bits per heavy atom. The van der Waals surface area contributed by atoms with Crippen molar-refractivity contribution < 1.29 is 0 Å². The molecule has 0 spiro atoms. The molecule has 20 heavy (non-hydrogen) atoms. The van der Waals surface area contributed by atoms with Crippen LogP contribution in [-0.2, 0) is 20.1 Å². The molecule has 2 aromatic heterocycles. The van der Waals surface area contributed by atoms with Gasteiger partial charge in [0, 0.05) is 38.7 Å². The molecule has 0 saturated heterocycles. The standard InChI is InChI=1S/C14H22N6/c1-4-15-14(16-10-12-7-8-17-18-12)20(3)11-13-6-5-9-19(13)2/h5-9H,4,10-11H2,1-3H3,(H,15,16)(H,17,18). The van der Waals surface area contributed by atoms with E-state index in [0.29, 0.717) is 6.54 Å². The van der Waals surface area contributed by atoms with Crippen LogP contribution in [0.25, 0.3) is 0 Å². The lowest BCUT2D eigenvalue weighted by atomic mass is 10.4. The summed E-state index contributed by atoms with van der Waals surface area (Å²) in [6, 6.07) is 6.11. The summed E-state index contributed by atoms with van der Waals surface area (Å²) < 4.78 is 2.12. The number of H-pyrrole nitrogens is 1. The van der Waals surface area contributed by atoms with Crippen LogP contribution in [0.4, 0.5) is 0 Å². The molecule has 0 saturated carbocycles. The molecule has 0 aliphatic heterocycles. The van der Waals surface area contributed by atoms with Crippen molar-refractivity contribution in [2.75, 3.05) is 13.6 Å². The maximum Gasteiger partial charge on any atom is 0.194 e. The normalized spacial score (nSPS) is 11.7. The van der Waals surface area contributed by atoms with Crippen molar-refractivity contribution in [3.8, 4) is 0 Å². The fourth-order valence-electron chi connectivity index (χ4n) is 1.98. The molecule has 0 radical (unpaired) electrons. The number of rotatable bonds is 5. The topological polar surface area (TPSA) is 61.2 Å². The molecule has 0 aliphatic carbocycles. The minimum absolute atomic E-state index is 0.597. The zero-order chi connectivity index (χ0) is 14.4. The van der Waals surface area contributed by atoms with Gasteiger partial charge in [-0.25, -0.2) is 4.99 Å². The lowest BCUT2D eigenvalue weighted by molar-refractivity contribution is 0.461. The van der Waals surface area contributed by atoms with Gasteiger partial charge in [0.15, 0.2) is 5.96 Å². The van der Waals surface area contributed by atoms with Crippen LogP contribution in [0.1, 0.15) is 18.3 Å². The van der Waals surface area contributed by atoms with E-state index in [0.717, 1.165) is 24.7 Å². The molecule has 0 atom stereocenters. The van der Waals surface area contributed by atoms with Crippen molar-refractivity contribution in [2.45, 2.75) is 20.0 Å². The number of nitrogens with one attached hydrogen (secondary N) is 2. The second kappa shape index (κ2) is 6.79. The fraction of sp³-hybridized carbons (Fsp3) is 0.429. The summed E-state index contributed by atoms with van der Waals surface area (Å²) in [4.78, 5) is 6.74. The maximum atomic E-state index is 4.62. The van der Waals surface area contributed by atoms with E-state index in [1.165, 1.54) is 5.69 Å². The Bertz CT molecular complexity index is 540. The van der Waals surface area contributed by atoms with E-state index in [9.17, 15) is 0 Å². The second-order valence-corrected chi connectivity index (χ2v) is 4.72. The van der Waals surface area contributed by atoms with Gasteiger partial charge in [-0.2, -0.15) is 5.10 Å². The van der Waals surface area contributed by atoms with E-state index in [4.69, 9.17) is 0 Å². The van der Waals surface area contributed by atoms with Crippen LogP contribution in [0.5, 0.6) is 0 Å². The lowest BCUT2D eigenvalue weighted by Gasteiger charge is -2.22. The highest BCUT2D eigenvalue weighted by molar-refractivity contribution is 5.79. The van der Waals surface area contributed by atoms with E-state index >= 15 is 0 Å². The summed E-state index contributed by atoms with van der Waals surface area (Å²) in [6.45, 7) is 4.33. The van der Waals surface area contributed by atoms with Gasteiger partial charge in [-0.15, -0.1) is 0 Å². The van der Waals surface area contributed by atoms with Gasteiger partial charge < -0.3 is 14.8 Å². The summed E-state index contributed by atoms with van der Waals surface area (Å²) in [5, 5.41) is 10.2. The van der Waals surface area contributed by atoms with Gasteiger partial charge >= 0.3 is 0 Å². The first-order valence-electron chi connectivity index (χ1n) is 6.78. The average Bonchev–Trinajstić information content (AvgIpc) is 3.07. The third kappa shape index (κ3) is 3.63. The Labute approximate surface area is 119 Å². The number of aliphatic imine (C=N–C) groups is 1. The molecule has 0 unspecified atom stereocenters. The minimum atomic E-state index is 0.597. The van der Waals surface area contributed by atoms with Gasteiger partial charge in [-0.3, -0.25) is 5.10 Å². The molecule has 0 aromatic carbocycles. The predicted molar refractivity (Wildman–Crippen MR) is 80.3 cm³/mol. The Morgan fingerprint density at radius 2 is 2.35 bits per heavy atom. The molecule has 108 valence electrons. The first kappa shape index (κ1) is 14.2. The van der Waals surface area contributed by atoms with Crippen molar-refractivity contribution in [3.05, 3.63) is 42.0 Å². The van der Waals surface area contributed by atoms with E-state index in [1.807, 2.05) is 13.1 Å². The summed E-state index contributed by atoms with van der Waals surface area (Å²) in [5.74, 6) is 0.892. The molecule has 2 heterocycles.